The number of benzene rings is 2. The quantitative estimate of drug-likeness (QED) is 0.706. The Kier molecular flexibility index (Phi) is 4.20. The molecular formula is C15H18N2O. The van der Waals surface area contributed by atoms with Crippen molar-refractivity contribution in [2.75, 3.05) is 17.7 Å². The minimum Gasteiger partial charge on any atom is -0.398 e. The molecule has 4 N–H and O–H groups in total. The maximum atomic E-state index is 8.92. The van der Waals surface area contributed by atoms with Crippen molar-refractivity contribution in [2.24, 2.45) is 0 Å². The molecular weight excluding hydrogens is 224 g/mol. The van der Waals surface area contributed by atoms with E-state index in [0.717, 1.165) is 22.5 Å². The molecule has 0 fully saturated rings. The number of nitrogens with one attached hydrogen (secondary N) is 1. The molecule has 2 aromatic rings. The van der Waals surface area contributed by atoms with Gasteiger partial charge in [-0.2, -0.15) is 0 Å². The van der Waals surface area contributed by atoms with Gasteiger partial charge in [0.2, 0.25) is 0 Å². The summed E-state index contributed by atoms with van der Waals surface area (Å²) in [4.78, 5) is 0. The zero-order valence-corrected chi connectivity index (χ0v) is 10.3. The van der Waals surface area contributed by atoms with Gasteiger partial charge in [-0.1, -0.05) is 30.3 Å². The Morgan fingerprint density at radius 1 is 1.06 bits per heavy atom. The molecule has 2 rings (SSSR count). The van der Waals surface area contributed by atoms with E-state index in [4.69, 9.17) is 10.8 Å². The maximum Gasteiger partial charge on any atom is 0.0471 e. The number of para-hydroxylation sites is 1. The second-order valence-corrected chi connectivity index (χ2v) is 4.23. The summed E-state index contributed by atoms with van der Waals surface area (Å²) < 4.78 is 0. The fraction of sp³-hybridized carbons (Fsp3) is 0.200. The van der Waals surface area contributed by atoms with E-state index in [-0.39, 0.29) is 6.61 Å². The number of nitrogen functional groups attached to an aromatic ring is 1. The zero-order chi connectivity index (χ0) is 12.8. The van der Waals surface area contributed by atoms with Crippen LogP contribution < -0.4 is 11.1 Å². The van der Waals surface area contributed by atoms with Crippen molar-refractivity contribution in [3.8, 4) is 0 Å². The van der Waals surface area contributed by atoms with Crippen LogP contribution in [-0.2, 0) is 13.0 Å². The Hall–Kier alpha value is -2.00. The molecule has 3 heteroatoms. The highest BCUT2D eigenvalue weighted by molar-refractivity contribution is 5.51. The molecule has 0 spiro atoms. The molecule has 0 aliphatic rings. The van der Waals surface area contributed by atoms with Gasteiger partial charge in [-0.15, -0.1) is 0 Å². The number of anilines is 2. The molecule has 0 aliphatic carbocycles. The summed E-state index contributed by atoms with van der Waals surface area (Å²) in [5.41, 5.74) is 9.95. The lowest BCUT2D eigenvalue weighted by Crippen LogP contribution is -2.03. The third kappa shape index (κ3) is 3.25. The van der Waals surface area contributed by atoms with Crippen LogP contribution in [0.3, 0.4) is 0 Å². The average Bonchev–Trinajstić information content (AvgIpc) is 2.39. The summed E-state index contributed by atoms with van der Waals surface area (Å²) in [5.74, 6) is 0. The number of rotatable bonds is 5. The number of aliphatic hydroxyl groups is 1. The minimum atomic E-state index is 0.176. The highest BCUT2D eigenvalue weighted by Gasteiger charge is 1.99. The molecule has 0 saturated heterocycles. The van der Waals surface area contributed by atoms with Gasteiger partial charge in [0.25, 0.3) is 0 Å². The van der Waals surface area contributed by atoms with Crippen molar-refractivity contribution >= 4 is 11.4 Å². The van der Waals surface area contributed by atoms with Crippen molar-refractivity contribution in [2.45, 2.75) is 13.0 Å². The Balaban J connectivity index is 2.02. The first-order chi connectivity index (χ1) is 8.79. The highest BCUT2D eigenvalue weighted by atomic mass is 16.2. The normalized spacial score (nSPS) is 10.3. The molecule has 0 bridgehead atoms. The second-order valence-electron chi connectivity index (χ2n) is 4.23. The van der Waals surface area contributed by atoms with E-state index in [2.05, 4.69) is 11.4 Å². The molecule has 3 nitrogen and oxygen atoms in total. The van der Waals surface area contributed by atoms with Gasteiger partial charge in [0, 0.05) is 24.5 Å². The van der Waals surface area contributed by atoms with Gasteiger partial charge in [-0.25, -0.2) is 0 Å². The van der Waals surface area contributed by atoms with Crippen molar-refractivity contribution in [3.05, 3.63) is 59.7 Å². The van der Waals surface area contributed by atoms with Gasteiger partial charge in [-0.3, -0.25) is 0 Å². The van der Waals surface area contributed by atoms with Crippen molar-refractivity contribution < 1.29 is 5.11 Å². The summed E-state index contributed by atoms with van der Waals surface area (Å²) in [6.45, 7) is 0.879. The van der Waals surface area contributed by atoms with Crippen LogP contribution >= 0.6 is 0 Å². The molecule has 0 aromatic heterocycles. The van der Waals surface area contributed by atoms with E-state index < -0.39 is 0 Å². The number of hydrogen-bond donors (Lipinski definition) is 3. The van der Waals surface area contributed by atoms with E-state index in [1.165, 1.54) is 0 Å². The predicted molar refractivity (Wildman–Crippen MR) is 75.4 cm³/mol. The van der Waals surface area contributed by atoms with Gasteiger partial charge in [0.1, 0.15) is 0 Å². The van der Waals surface area contributed by atoms with Crippen LogP contribution in [0.15, 0.2) is 48.5 Å². The van der Waals surface area contributed by atoms with E-state index in [0.29, 0.717) is 13.0 Å². The van der Waals surface area contributed by atoms with Crippen LogP contribution in [0.25, 0.3) is 0 Å². The van der Waals surface area contributed by atoms with Gasteiger partial charge < -0.3 is 16.2 Å². The van der Waals surface area contributed by atoms with Crippen LogP contribution in [0.5, 0.6) is 0 Å². The Morgan fingerprint density at radius 2 is 1.89 bits per heavy atom. The SMILES string of the molecule is Nc1ccccc1CNc1cccc(CCO)c1. The smallest absolute Gasteiger partial charge is 0.0471 e. The van der Waals surface area contributed by atoms with Gasteiger partial charge in [-0.05, 0) is 35.7 Å². The summed E-state index contributed by atoms with van der Waals surface area (Å²) in [5, 5.41) is 12.3. The first-order valence-corrected chi connectivity index (χ1v) is 6.06. The van der Waals surface area contributed by atoms with E-state index >= 15 is 0 Å². The largest absolute Gasteiger partial charge is 0.398 e. The van der Waals surface area contributed by atoms with E-state index in [9.17, 15) is 0 Å². The summed E-state index contributed by atoms with van der Waals surface area (Å²) in [6, 6.07) is 15.9. The number of hydrogen-bond acceptors (Lipinski definition) is 3. The lowest BCUT2D eigenvalue weighted by molar-refractivity contribution is 0.299. The van der Waals surface area contributed by atoms with E-state index in [1.54, 1.807) is 0 Å². The van der Waals surface area contributed by atoms with Crippen molar-refractivity contribution in [1.29, 1.82) is 0 Å². The first kappa shape index (κ1) is 12.5. The van der Waals surface area contributed by atoms with E-state index in [1.807, 2.05) is 42.5 Å². The molecule has 18 heavy (non-hydrogen) atoms. The third-order valence-corrected chi connectivity index (χ3v) is 2.87. The fourth-order valence-corrected chi connectivity index (χ4v) is 1.86. The maximum absolute atomic E-state index is 8.92. The number of aliphatic hydroxyl groups excluding tert-OH is 1. The van der Waals surface area contributed by atoms with Crippen molar-refractivity contribution in [3.63, 3.8) is 0 Å². The van der Waals surface area contributed by atoms with Crippen LogP contribution in [0.4, 0.5) is 11.4 Å². The van der Waals surface area contributed by atoms with Crippen LogP contribution in [-0.4, -0.2) is 11.7 Å². The molecule has 2 aromatic carbocycles. The van der Waals surface area contributed by atoms with Crippen LogP contribution in [0.2, 0.25) is 0 Å². The Labute approximate surface area is 107 Å². The van der Waals surface area contributed by atoms with Crippen molar-refractivity contribution in [1.82, 2.24) is 0 Å². The topological polar surface area (TPSA) is 58.3 Å². The Morgan fingerprint density at radius 3 is 2.67 bits per heavy atom. The molecule has 0 radical (unpaired) electrons. The average molecular weight is 242 g/mol. The van der Waals surface area contributed by atoms with Gasteiger partial charge in [0.15, 0.2) is 0 Å². The van der Waals surface area contributed by atoms with Crippen LogP contribution in [0, 0.1) is 0 Å². The molecule has 94 valence electrons. The number of nitrogens with two attached hydrogens (primary N) is 1. The summed E-state index contributed by atoms with van der Waals surface area (Å²) in [7, 11) is 0. The monoisotopic (exact) mass is 242 g/mol. The fourth-order valence-electron chi connectivity index (χ4n) is 1.86. The lowest BCUT2D eigenvalue weighted by Gasteiger charge is -2.09. The molecule has 0 unspecified atom stereocenters. The second kappa shape index (κ2) is 6.07. The summed E-state index contributed by atoms with van der Waals surface area (Å²) in [6.07, 6.45) is 0.684. The molecule has 0 aliphatic heterocycles. The molecule has 0 heterocycles. The first-order valence-electron chi connectivity index (χ1n) is 6.06. The lowest BCUT2D eigenvalue weighted by atomic mass is 10.1. The standard InChI is InChI=1S/C15H18N2O/c16-15-7-2-1-5-13(15)11-17-14-6-3-4-12(10-14)8-9-18/h1-7,10,17-18H,8-9,11,16H2. The Bertz CT molecular complexity index is 511. The minimum absolute atomic E-state index is 0.176. The van der Waals surface area contributed by atoms with Crippen LogP contribution in [0.1, 0.15) is 11.1 Å². The third-order valence-electron chi connectivity index (χ3n) is 2.87. The predicted octanol–water partition coefficient (Wildman–Crippen LogP) is 2.42. The highest BCUT2D eigenvalue weighted by Crippen LogP contribution is 2.15. The molecule has 0 atom stereocenters. The zero-order valence-electron chi connectivity index (χ0n) is 10.3. The van der Waals surface area contributed by atoms with Gasteiger partial charge >= 0.3 is 0 Å². The van der Waals surface area contributed by atoms with Gasteiger partial charge in [0.05, 0.1) is 0 Å². The molecule has 0 amide bonds. The summed E-state index contributed by atoms with van der Waals surface area (Å²) >= 11 is 0. The molecule has 0 saturated carbocycles.